The van der Waals surface area contributed by atoms with Crippen LogP contribution in [0.4, 0.5) is 0 Å². The number of carbonyl (C=O) groups excluding carboxylic acids is 1. The molecule has 0 aliphatic carbocycles. The van der Waals surface area contributed by atoms with Gasteiger partial charge in [-0.1, -0.05) is 0 Å². The third-order valence-electron chi connectivity index (χ3n) is 3.95. The zero-order valence-corrected chi connectivity index (χ0v) is 13.4. The van der Waals surface area contributed by atoms with Crippen molar-refractivity contribution in [3.8, 4) is 0 Å². The van der Waals surface area contributed by atoms with E-state index in [2.05, 4.69) is 10.00 Å². The molecule has 1 saturated heterocycles. The predicted molar refractivity (Wildman–Crippen MR) is 82.5 cm³/mol. The highest BCUT2D eigenvalue weighted by atomic mass is 16.5. The van der Waals surface area contributed by atoms with Crippen LogP contribution in [0.1, 0.15) is 19.9 Å². The Bertz CT molecular complexity index is 444. The van der Waals surface area contributed by atoms with Crippen LogP contribution in [-0.2, 0) is 9.53 Å². The minimum Gasteiger partial charge on any atom is -0.389 e. The quantitative estimate of drug-likeness (QED) is 0.767. The lowest BCUT2D eigenvalue weighted by atomic mass is 10.2. The van der Waals surface area contributed by atoms with Gasteiger partial charge in [-0.05, 0) is 19.9 Å². The largest absolute Gasteiger partial charge is 0.389 e. The monoisotopic (exact) mass is 310 g/mol. The van der Waals surface area contributed by atoms with Crippen LogP contribution in [0, 0.1) is 0 Å². The van der Waals surface area contributed by atoms with E-state index in [9.17, 15) is 9.90 Å². The van der Waals surface area contributed by atoms with Crippen molar-refractivity contribution in [2.45, 2.75) is 26.0 Å². The number of ether oxygens (including phenoxy) is 1. The lowest BCUT2D eigenvalue weighted by molar-refractivity contribution is -0.136. The number of amides is 1. The Labute approximate surface area is 131 Å². The van der Waals surface area contributed by atoms with Crippen LogP contribution in [0.5, 0.6) is 0 Å². The van der Waals surface area contributed by atoms with Crippen molar-refractivity contribution in [2.24, 2.45) is 0 Å². The number of piperazine rings is 1. The summed E-state index contributed by atoms with van der Waals surface area (Å²) < 4.78 is 6.90. The number of hydrogen-bond acceptors (Lipinski definition) is 5. The standard InChI is InChI=1S/C15H26N4O3/c1-3-22-12-14(20)11-17-7-9-18(10-8-17)15(21)13(2)19-6-4-5-16-19/h4-6,13-14,20H,3,7-12H2,1-2H3/t13-,14+/m0/s1. The fraction of sp³-hybridized carbons (Fsp3) is 0.733. The first-order valence-electron chi connectivity index (χ1n) is 7.88. The number of nitrogens with zero attached hydrogens (tertiary/aromatic N) is 4. The van der Waals surface area contributed by atoms with Gasteiger partial charge in [0.05, 0.1) is 12.7 Å². The van der Waals surface area contributed by atoms with Crippen LogP contribution < -0.4 is 0 Å². The van der Waals surface area contributed by atoms with Gasteiger partial charge in [0.25, 0.3) is 0 Å². The molecule has 0 bridgehead atoms. The summed E-state index contributed by atoms with van der Waals surface area (Å²) in [4.78, 5) is 16.5. The molecule has 1 amide bonds. The fourth-order valence-corrected chi connectivity index (χ4v) is 2.64. The van der Waals surface area contributed by atoms with Crippen molar-refractivity contribution in [1.29, 1.82) is 0 Å². The van der Waals surface area contributed by atoms with E-state index < -0.39 is 6.10 Å². The molecule has 0 unspecified atom stereocenters. The number of aromatic nitrogens is 2. The minimum absolute atomic E-state index is 0.0956. The number of rotatable bonds is 7. The van der Waals surface area contributed by atoms with E-state index in [-0.39, 0.29) is 11.9 Å². The van der Waals surface area contributed by atoms with Gasteiger partial charge in [-0.2, -0.15) is 5.10 Å². The molecule has 2 heterocycles. The van der Waals surface area contributed by atoms with Crippen molar-refractivity contribution in [2.75, 3.05) is 45.9 Å². The molecule has 22 heavy (non-hydrogen) atoms. The van der Waals surface area contributed by atoms with Gasteiger partial charge in [-0.25, -0.2) is 0 Å². The second kappa shape index (κ2) is 8.26. The molecule has 0 aromatic carbocycles. The Kier molecular flexibility index (Phi) is 6.35. The zero-order chi connectivity index (χ0) is 15.9. The maximum Gasteiger partial charge on any atom is 0.247 e. The summed E-state index contributed by atoms with van der Waals surface area (Å²) in [7, 11) is 0. The molecule has 1 aromatic heterocycles. The highest BCUT2D eigenvalue weighted by Gasteiger charge is 2.26. The molecule has 7 nitrogen and oxygen atoms in total. The number of aliphatic hydroxyl groups is 1. The lowest BCUT2D eigenvalue weighted by Crippen LogP contribution is -2.52. The van der Waals surface area contributed by atoms with Gasteiger partial charge in [0.15, 0.2) is 0 Å². The molecule has 1 aliphatic rings. The van der Waals surface area contributed by atoms with E-state index in [1.54, 1.807) is 10.9 Å². The van der Waals surface area contributed by atoms with Crippen molar-refractivity contribution in [1.82, 2.24) is 19.6 Å². The predicted octanol–water partition coefficient (Wildman–Crippen LogP) is -0.0143. The Morgan fingerprint density at radius 1 is 1.36 bits per heavy atom. The second-order valence-electron chi connectivity index (χ2n) is 5.60. The van der Waals surface area contributed by atoms with Gasteiger partial charge in [0.1, 0.15) is 6.04 Å². The molecule has 0 saturated carbocycles. The van der Waals surface area contributed by atoms with Crippen LogP contribution in [-0.4, -0.2) is 82.6 Å². The molecule has 124 valence electrons. The molecule has 2 atom stereocenters. The SMILES string of the molecule is CCOC[C@H](O)CN1CCN(C(=O)[C@H](C)n2cccn2)CC1. The Balaban J connectivity index is 1.76. The average molecular weight is 310 g/mol. The van der Waals surface area contributed by atoms with Crippen LogP contribution in [0.3, 0.4) is 0 Å². The molecular weight excluding hydrogens is 284 g/mol. The number of aliphatic hydroxyl groups excluding tert-OH is 1. The van der Waals surface area contributed by atoms with Crippen LogP contribution in [0.15, 0.2) is 18.5 Å². The zero-order valence-electron chi connectivity index (χ0n) is 13.4. The molecule has 2 rings (SSSR count). The Morgan fingerprint density at radius 2 is 2.09 bits per heavy atom. The second-order valence-corrected chi connectivity index (χ2v) is 5.60. The molecule has 1 N–H and O–H groups in total. The van der Waals surface area contributed by atoms with Crippen molar-refractivity contribution in [3.05, 3.63) is 18.5 Å². The van der Waals surface area contributed by atoms with E-state index >= 15 is 0 Å². The van der Waals surface area contributed by atoms with Crippen LogP contribution in [0.25, 0.3) is 0 Å². The van der Waals surface area contributed by atoms with Crippen molar-refractivity contribution >= 4 is 5.91 Å². The van der Waals surface area contributed by atoms with E-state index in [0.29, 0.717) is 32.8 Å². The Hall–Kier alpha value is -1.44. The highest BCUT2D eigenvalue weighted by Crippen LogP contribution is 2.11. The summed E-state index contributed by atoms with van der Waals surface area (Å²) >= 11 is 0. The topological polar surface area (TPSA) is 70.8 Å². The van der Waals surface area contributed by atoms with Crippen LogP contribution >= 0.6 is 0 Å². The highest BCUT2D eigenvalue weighted by molar-refractivity contribution is 5.80. The normalized spacial score (nSPS) is 19.1. The smallest absolute Gasteiger partial charge is 0.247 e. The van der Waals surface area contributed by atoms with Gasteiger partial charge in [0.2, 0.25) is 5.91 Å². The van der Waals surface area contributed by atoms with E-state index in [4.69, 9.17) is 4.74 Å². The van der Waals surface area contributed by atoms with Crippen molar-refractivity contribution in [3.63, 3.8) is 0 Å². The molecule has 0 radical (unpaired) electrons. The third-order valence-corrected chi connectivity index (χ3v) is 3.95. The van der Waals surface area contributed by atoms with E-state index in [0.717, 1.165) is 13.1 Å². The van der Waals surface area contributed by atoms with E-state index in [1.807, 2.05) is 31.0 Å². The summed E-state index contributed by atoms with van der Waals surface area (Å²) in [5, 5.41) is 14.0. The first kappa shape index (κ1) is 16.9. The average Bonchev–Trinajstić information content (AvgIpc) is 3.06. The van der Waals surface area contributed by atoms with Crippen LogP contribution in [0.2, 0.25) is 0 Å². The van der Waals surface area contributed by atoms with Gasteiger partial charge in [-0.3, -0.25) is 14.4 Å². The van der Waals surface area contributed by atoms with Crippen molar-refractivity contribution < 1.29 is 14.6 Å². The molecular formula is C15H26N4O3. The minimum atomic E-state index is -0.467. The third kappa shape index (κ3) is 4.53. The fourth-order valence-electron chi connectivity index (χ4n) is 2.64. The molecule has 7 heteroatoms. The van der Waals surface area contributed by atoms with E-state index in [1.165, 1.54) is 0 Å². The first-order chi connectivity index (χ1) is 10.6. The summed E-state index contributed by atoms with van der Waals surface area (Å²) in [6, 6.07) is 1.55. The summed E-state index contributed by atoms with van der Waals surface area (Å²) in [6.45, 7) is 8.29. The van der Waals surface area contributed by atoms with Gasteiger partial charge >= 0.3 is 0 Å². The maximum atomic E-state index is 12.4. The summed E-state index contributed by atoms with van der Waals surface area (Å²) in [6.07, 6.45) is 3.02. The van der Waals surface area contributed by atoms with Gasteiger partial charge in [-0.15, -0.1) is 0 Å². The molecule has 0 spiro atoms. The number of carbonyl (C=O) groups is 1. The molecule has 1 aliphatic heterocycles. The lowest BCUT2D eigenvalue weighted by Gasteiger charge is -2.36. The summed E-state index contributed by atoms with van der Waals surface area (Å²) in [5.74, 6) is 0.0956. The number of β-amino-alcohol motifs (C(OH)–C–C–N with tert-alkyl or cyclic N) is 1. The number of hydrogen-bond donors (Lipinski definition) is 1. The first-order valence-corrected chi connectivity index (χ1v) is 7.88. The maximum absolute atomic E-state index is 12.4. The summed E-state index contributed by atoms with van der Waals surface area (Å²) in [5.41, 5.74) is 0. The Morgan fingerprint density at radius 3 is 2.68 bits per heavy atom. The van der Waals surface area contributed by atoms with Gasteiger partial charge in [0, 0.05) is 51.7 Å². The molecule has 1 aromatic rings. The van der Waals surface area contributed by atoms with Gasteiger partial charge < -0.3 is 14.7 Å². The molecule has 1 fully saturated rings.